The van der Waals surface area contributed by atoms with Gasteiger partial charge in [0.05, 0.1) is 10.7 Å². The lowest BCUT2D eigenvalue weighted by Crippen LogP contribution is -2.26. The minimum Gasteiger partial charge on any atom is -0.397 e. The molecule has 3 rings (SSSR count). The van der Waals surface area contributed by atoms with Gasteiger partial charge in [0.15, 0.2) is 11.3 Å². The number of H-pyrrole nitrogens is 1. The van der Waals surface area contributed by atoms with Crippen molar-refractivity contribution in [1.82, 2.24) is 25.4 Å². The van der Waals surface area contributed by atoms with Crippen LogP contribution in [0.3, 0.4) is 0 Å². The summed E-state index contributed by atoms with van der Waals surface area (Å²) in [4.78, 5) is 8.68. The molecule has 7 N–H and O–H groups in total. The van der Waals surface area contributed by atoms with Gasteiger partial charge in [0.25, 0.3) is 0 Å². The fourth-order valence-corrected chi connectivity index (χ4v) is 2.04. The summed E-state index contributed by atoms with van der Waals surface area (Å²) in [5.74, 6) is 0.908. The largest absolute Gasteiger partial charge is 0.397 e. The standard InChI is InChI=1S/C13H16ClN9/c1-6(15)5-17-13-19-11(10-12(20-13)22-23-21-10)18-7-2-3-8(14)9(16)4-7/h2-4,6H,5,15-16H2,1H3,(H3,17,18,19,20,21,22,23). The molecule has 0 bridgehead atoms. The minimum atomic E-state index is -0.0286. The average Bonchev–Trinajstić information content (AvgIpc) is 2.97. The molecule has 10 heteroatoms. The molecule has 0 aliphatic carbocycles. The van der Waals surface area contributed by atoms with Gasteiger partial charge in [0, 0.05) is 18.3 Å². The number of anilines is 4. The third-order valence-electron chi connectivity index (χ3n) is 3.02. The second-order valence-corrected chi connectivity index (χ2v) is 5.52. The molecule has 2 aromatic heterocycles. The maximum Gasteiger partial charge on any atom is 0.226 e. The Bertz CT molecular complexity index is 829. The Morgan fingerprint density at radius 1 is 1.30 bits per heavy atom. The van der Waals surface area contributed by atoms with E-state index < -0.39 is 0 Å². The van der Waals surface area contributed by atoms with Gasteiger partial charge in [0.2, 0.25) is 11.6 Å². The van der Waals surface area contributed by atoms with Crippen molar-refractivity contribution in [2.45, 2.75) is 13.0 Å². The summed E-state index contributed by atoms with van der Waals surface area (Å²) >= 11 is 5.93. The molecule has 0 fully saturated rings. The average molecular weight is 334 g/mol. The summed E-state index contributed by atoms with van der Waals surface area (Å²) in [6.45, 7) is 2.42. The highest BCUT2D eigenvalue weighted by atomic mass is 35.5. The van der Waals surface area contributed by atoms with Gasteiger partial charge in [-0.1, -0.05) is 11.6 Å². The first-order chi connectivity index (χ1) is 11.0. The molecule has 1 aromatic carbocycles. The molecular weight excluding hydrogens is 318 g/mol. The number of nitrogens with two attached hydrogens (primary N) is 2. The van der Waals surface area contributed by atoms with Gasteiger partial charge in [-0.05, 0) is 25.1 Å². The number of nitrogen functional groups attached to an aromatic ring is 1. The van der Waals surface area contributed by atoms with Crippen molar-refractivity contribution < 1.29 is 0 Å². The zero-order valence-electron chi connectivity index (χ0n) is 12.3. The van der Waals surface area contributed by atoms with E-state index in [0.717, 1.165) is 5.69 Å². The molecule has 23 heavy (non-hydrogen) atoms. The van der Waals surface area contributed by atoms with Gasteiger partial charge in [-0.15, -0.1) is 5.10 Å². The quantitative estimate of drug-likeness (QED) is 0.442. The Kier molecular flexibility index (Phi) is 4.13. The number of aromatic amines is 1. The third-order valence-corrected chi connectivity index (χ3v) is 3.37. The normalized spacial score (nSPS) is 12.3. The lowest BCUT2D eigenvalue weighted by Gasteiger charge is -2.11. The lowest BCUT2D eigenvalue weighted by molar-refractivity contribution is 0.774. The predicted molar refractivity (Wildman–Crippen MR) is 90.8 cm³/mol. The second kappa shape index (κ2) is 6.23. The number of nitrogens with one attached hydrogen (secondary N) is 3. The summed E-state index contributed by atoms with van der Waals surface area (Å²) in [5.41, 5.74) is 13.7. The lowest BCUT2D eigenvalue weighted by atomic mass is 10.3. The first kappa shape index (κ1) is 15.3. The summed E-state index contributed by atoms with van der Waals surface area (Å²) in [7, 11) is 0. The molecule has 0 saturated carbocycles. The van der Waals surface area contributed by atoms with Gasteiger partial charge < -0.3 is 22.1 Å². The van der Waals surface area contributed by atoms with Crippen molar-refractivity contribution in [2.75, 3.05) is 22.9 Å². The van der Waals surface area contributed by atoms with Crippen LogP contribution in [0.15, 0.2) is 18.2 Å². The smallest absolute Gasteiger partial charge is 0.226 e. The molecule has 0 aliphatic heterocycles. The molecule has 1 unspecified atom stereocenters. The van der Waals surface area contributed by atoms with E-state index in [2.05, 4.69) is 36.0 Å². The topological polar surface area (TPSA) is 143 Å². The van der Waals surface area contributed by atoms with Crippen LogP contribution in [-0.2, 0) is 0 Å². The number of aromatic nitrogens is 5. The number of hydrogen-bond acceptors (Lipinski definition) is 8. The molecule has 0 aliphatic rings. The van der Waals surface area contributed by atoms with Crippen LogP contribution in [0.4, 0.5) is 23.1 Å². The first-order valence-corrected chi connectivity index (χ1v) is 7.30. The number of fused-ring (bicyclic) bond motifs is 1. The second-order valence-electron chi connectivity index (χ2n) is 5.11. The van der Waals surface area contributed by atoms with Crippen molar-refractivity contribution in [3.8, 4) is 0 Å². The van der Waals surface area contributed by atoms with Crippen LogP contribution in [-0.4, -0.2) is 38.0 Å². The van der Waals surface area contributed by atoms with Crippen LogP contribution in [0.1, 0.15) is 6.92 Å². The van der Waals surface area contributed by atoms with E-state index in [9.17, 15) is 0 Å². The Balaban J connectivity index is 1.94. The van der Waals surface area contributed by atoms with Crippen molar-refractivity contribution >= 4 is 45.9 Å². The van der Waals surface area contributed by atoms with E-state index in [1.165, 1.54) is 0 Å². The highest BCUT2D eigenvalue weighted by Crippen LogP contribution is 2.26. The van der Waals surface area contributed by atoms with Crippen LogP contribution >= 0.6 is 11.6 Å². The number of rotatable bonds is 5. The van der Waals surface area contributed by atoms with E-state index >= 15 is 0 Å². The van der Waals surface area contributed by atoms with E-state index in [0.29, 0.717) is 40.2 Å². The van der Waals surface area contributed by atoms with E-state index in [1.807, 2.05) is 6.92 Å². The number of halogens is 1. The summed E-state index contributed by atoms with van der Waals surface area (Å²) < 4.78 is 0. The number of nitrogens with zero attached hydrogens (tertiary/aromatic N) is 4. The van der Waals surface area contributed by atoms with Gasteiger partial charge >= 0.3 is 0 Å². The van der Waals surface area contributed by atoms with Crippen molar-refractivity contribution in [3.63, 3.8) is 0 Å². The molecule has 2 heterocycles. The van der Waals surface area contributed by atoms with Crippen molar-refractivity contribution in [2.24, 2.45) is 5.73 Å². The Hall–Kier alpha value is -2.65. The molecule has 0 amide bonds. The van der Waals surface area contributed by atoms with Crippen LogP contribution in [0.2, 0.25) is 5.02 Å². The third kappa shape index (κ3) is 3.41. The molecule has 0 radical (unpaired) electrons. The van der Waals surface area contributed by atoms with Gasteiger partial charge in [-0.2, -0.15) is 20.3 Å². The minimum absolute atomic E-state index is 0.0286. The van der Waals surface area contributed by atoms with Crippen LogP contribution < -0.4 is 22.1 Å². The number of benzene rings is 1. The Morgan fingerprint density at radius 3 is 2.87 bits per heavy atom. The maximum atomic E-state index is 5.93. The zero-order chi connectivity index (χ0) is 16.4. The maximum absolute atomic E-state index is 5.93. The summed E-state index contributed by atoms with van der Waals surface area (Å²) in [5, 5.41) is 17.3. The summed E-state index contributed by atoms with van der Waals surface area (Å²) in [6.07, 6.45) is 0. The van der Waals surface area contributed by atoms with Crippen LogP contribution in [0.5, 0.6) is 0 Å². The fourth-order valence-electron chi connectivity index (χ4n) is 1.92. The predicted octanol–water partition coefficient (Wildman–Crippen LogP) is 1.49. The van der Waals surface area contributed by atoms with Crippen LogP contribution in [0, 0.1) is 0 Å². The SMILES string of the molecule is CC(N)CNc1nc(Nc2ccc(Cl)c(N)c2)c2n[nH]nc2n1. The number of hydrogen-bond donors (Lipinski definition) is 5. The molecule has 0 spiro atoms. The van der Waals surface area contributed by atoms with E-state index in [1.54, 1.807) is 18.2 Å². The van der Waals surface area contributed by atoms with Crippen molar-refractivity contribution in [3.05, 3.63) is 23.2 Å². The van der Waals surface area contributed by atoms with Crippen molar-refractivity contribution in [1.29, 1.82) is 0 Å². The summed E-state index contributed by atoms with van der Waals surface area (Å²) in [6, 6.07) is 5.18. The monoisotopic (exact) mass is 333 g/mol. The zero-order valence-corrected chi connectivity index (χ0v) is 13.1. The highest BCUT2D eigenvalue weighted by molar-refractivity contribution is 6.33. The Labute approximate surface area is 136 Å². The van der Waals surface area contributed by atoms with Crippen LogP contribution in [0.25, 0.3) is 11.2 Å². The van der Waals surface area contributed by atoms with Gasteiger partial charge in [-0.25, -0.2) is 0 Å². The molecule has 3 aromatic rings. The molecule has 1 atom stereocenters. The fraction of sp³-hybridized carbons (Fsp3) is 0.231. The van der Waals surface area contributed by atoms with Gasteiger partial charge in [-0.3, -0.25) is 0 Å². The van der Waals surface area contributed by atoms with E-state index in [4.69, 9.17) is 23.1 Å². The molecular formula is C13H16ClN9. The molecule has 0 saturated heterocycles. The first-order valence-electron chi connectivity index (χ1n) is 6.93. The highest BCUT2D eigenvalue weighted by Gasteiger charge is 2.12. The Morgan fingerprint density at radius 2 is 2.13 bits per heavy atom. The molecule has 9 nitrogen and oxygen atoms in total. The molecule has 120 valence electrons. The van der Waals surface area contributed by atoms with E-state index in [-0.39, 0.29) is 6.04 Å². The van der Waals surface area contributed by atoms with Gasteiger partial charge in [0.1, 0.15) is 0 Å².